The summed E-state index contributed by atoms with van der Waals surface area (Å²) in [7, 11) is 0. The first-order chi connectivity index (χ1) is 9.21. The molecule has 0 aliphatic rings. The summed E-state index contributed by atoms with van der Waals surface area (Å²) in [6.45, 7) is 0. The van der Waals surface area contributed by atoms with Gasteiger partial charge in [0.25, 0.3) is 0 Å². The molecule has 0 saturated heterocycles. The molecule has 0 atom stereocenters. The Morgan fingerprint density at radius 3 is 2.40 bits per heavy atom. The van der Waals surface area contributed by atoms with Gasteiger partial charge in [0.15, 0.2) is 5.82 Å². The van der Waals surface area contributed by atoms with Crippen LogP contribution in [-0.2, 0) is 6.18 Å². The van der Waals surface area contributed by atoms with Gasteiger partial charge < -0.3 is 5.11 Å². The van der Waals surface area contributed by atoms with E-state index in [1.54, 1.807) is 0 Å². The van der Waals surface area contributed by atoms with Crippen LogP contribution < -0.4 is 0 Å². The summed E-state index contributed by atoms with van der Waals surface area (Å²) in [6, 6.07) is 0.655. The van der Waals surface area contributed by atoms with Crippen LogP contribution in [0.2, 0.25) is 10.2 Å². The average molecular weight is 326 g/mol. The van der Waals surface area contributed by atoms with Gasteiger partial charge in [0, 0.05) is 6.20 Å². The molecule has 5 nitrogen and oxygen atoms in total. The third kappa shape index (κ3) is 2.56. The smallest absolute Gasteiger partial charge is 0.417 e. The zero-order valence-corrected chi connectivity index (χ0v) is 10.8. The molecule has 20 heavy (non-hydrogen) atoms. The van der Waals surface area contributed by atoms with Crippen molar-refractivity contribution in [1.29, 1.82) is 0 Å². The Labute approximate surface area is 119 Å². The van der Waals surface area contributed by atoms with Crippen molar-refractivity contribution < 1.29 is 23.1 Å². The maximum atomic E-state index is 12.5. The van der Waals surface area contributed by atoms with Crippen molar-refractivity contribution in [3.05, 3.63) is 39.8 Å². The number of rotatable bonds is 2. The molecule has 0 aromatic carbocycles. The Morgan fingerprint density at radius 2 is 1.95 bits per heavy atom. The van der Waals surface area contributed by atoms with Gasteiger partial charge in [-0.05, 0) is 6.07 Å². The highest BCUT2D eigenvalue weighted by Crippen LogP contribution is 2.32. The van der Waals surface area contributed by atoms with Crippen LogP contribution in [0.25, 0.3) is 5.82 Å². The van der Waals surface area contributed by atoms with E-state index >= 15 is 0 Å². The Balaban J connectivity index is 2.52. The lowest BCUT2D eigenvalue weighted by molar-refractivity contribution is -0.137. The highest BCUT2D eigenvalue weighted by atomic mass is 35.5. The van der Waals surface area contributed by atoms with Crippen molar-refractivity contribution in [1.82, 2.24) is 14.8 Å². The summed E-state index contributed by atoms with van der Waals surface area (Å²) in [6.07, 6.45) is -3.09. The Kier molecular flexibility index (Phi) is 3.61. The van der Waals surface area contributed by atoms with Crippen LogP contribution in [0.15, 0.2) is 18.5 Å². The van der Waals surface area contributed by atoms with E-state index in [4.69, 9.17) is 28.3 Å². The molecular formula is C10H4Cl2F3N3O2. The Hall–Kier alpha value is -1.80. The van der Waals surface area contributed by atoms with E-state index in [9.17, 15) is 18.0 Å². The minimum absolute atomic E-state index is 0.197. The van der Waals surface area contributed by atoms with Gasteiger partial charge in [0.05, 0.1) is 16.8 Å². The van der Waals surface area contributed by atoms with Gasteiger partial charge in [-0.25, -0.2) is 14.5 Å². The van der Waals surface area contributed by atoms with E-state index in [-0.39, 0.29) is 21.6 Å². The van der Waals surface area contributed by atoms with E-state index in [0.29, 0.717) is 12.3 Å². The molecule has 2 rings (SSSR count). The quantitative estimate of drug-likeness (QED) is 0.919. The number of alkyl halides is 3. The summed E-state index contributed by atoms with van der Waals surface area (Å²) >= 11 is 11.5. The number of hydrogen-bond donors (Lipinski definition) is 1. The van der Waals surface area contributed by atoms with Crippen molar-refractivity contribution in [2.45, 2.75) is 6.18 Å². The molecule has 10 heteroatoms. The number of pyridine rings is 1. The van der Waals surface area contributed by atoms with Crippen molar-refractivity contribution >= 4 is 29.2 Å². The van der Waals surface area contributed by atoms with E-state index in [0.717, 1.165) is 10.9 Å². The molecule has 0 aliphatic carbocycles. The zero-order valence-electron chi connectivity index (χ0n) is 9.32. The van der Waals surface area contributed by atoms with E-state index in [2.05, 4.69) is 10.1 Å². The van der Waals surface area contributed by atoms with Crippen molar-refractivity contribution in [3.63, 3.8) is 0 Å². The number of halogens is 5. The fourth-order valence-electron chi connectivity index (χ4n) is 1.37. The molecule has 0 amide bonds. The normalized spacial score (nSPS) is 11.7. The lowest BCUT2D eigenvalue weighted by Crippen LogP contribution is -2.08. The molecule has 2 heterocycles. The molecule has 1 N–H and O–H groups in total. The molecule has 106 valence electrons. The molecule has 2 aromatic rings. The summed E-state index contributed by atoms with van der Waals surface area (Å²) in [5, 5.41) is 11.8. The second-order valence-corrected chi connectivity index (χ2v) is 4.36. The minimum Gasteiger partial charge on any atom is -0.478 e. The van der Waals surface area contributed by atoms with E-state index in [1.165, 1.54) is 0 Å². The molecular weight excluding hydrogens is 322 g/mol. The highest BCUT2D eigenvalue weighted by Gasteiger charge is 2.32. The van der Waals surface area contributed by atoms with Gasteiger partial charge in [-0.3, -0.25) is 0 Å². The van der Waals surface area contributed by atoms with Crippen LogP contribution >= 0.6 is 23.2 Å². The molecule has 0 spiro atoms. The lowest BCUT2D eigenvalue weighted by atomic mass is 10.3. The number of nitrogens with zero attached hydrogens (tertiary/aromatic N) is 3. The predicted molar refractivity (Wildman–Crippen MR) is 63.3 cm³/mol. The molecule has 0 bridgehead atoms. The first-order valence-corrected chi connectivity index (χ1v) is 5.67. The first-order valence-electron chi connectivity index (χ1n) is 4.91. The number of carboxylic acids is 1. The minimum atomic E-state index is -4.59. The number of carboxylic acid groups (broad SMARTS) is 1. The van der Waals surface area contributed by atoms with Crippen LogP contribution in [0, 0.1) is 0 Å². The fraction of sp³-hybridized carbons (Fsp3) is 0.100. The number of hydrogen-bond acceptors (Lipinski definition) is 3. The SMILES string of the molecule is O=C(O)c1cnn(-c2ncc(C(F)(F)F)cc2Cl)c1Cl. The molecule has 0 fully saturated rings. The molecule has 0 aliphatic heterocycles. The van der Waals surface area contributed by atoms with Crippen LogP contribution in [0.1, 0.15) is 15.9 Å². The van der Waals surface area contributed by atoms with Crippen LogP contribution in [-0.4, -0.2) is 25.8 Å². The number of carbonyl (C=O) groups is 1. The van der Waals surface area contributed by atoms with E-state index in [1.807, 2.05) is 0 Å². The lowest BCUT2D eigenvalue weighted by Gasteiger charge is -2.09. The van der Waals surface area contributed by atoms with Gasteiger partial charge in [0.2, 0.25) is 0 Å². The summed E-state index contributed by atoms with van der Waals surface area (Å²) in [4.78, 5) is 14.3. The molecule has 0 unspecified atom stereocenters. The summed E-state index contributed by atoms with van der Waals surface area (Å²) < 4.78 is 38.2. The van der Waals surface area contributed by atoms with Crippen molar-refractivity contribution in [3.8, 4) is 5.82 Å². The highest BCUT2D eigenvalue weighted by molar-refractivity contribution is 6.34. The van der Waals surface area contributed by atoms with Gasteiger partial charge in [-0.2, -0.15) is 18.3 Å². The summed E-state index contributed by atoms with van der Waals surface area (Å²) in [5.41, 5.74) is -1.35. The monoisotopic (exact) mass is 325 g/mol. The second kappa shape index (κ2) is 4.95. The largest absolute Gasteiger partial charge is 0.478 e. The van der Waals surface area contributed by atoms with Gasteiger partial charge in [-0.15, -0.1) is 0 Å². The van der Waals surface area contributed by atoms with Crippen LogP contribution in [0.4, 0.5) is 13.2 Å². The summed E-state index contributed by atoms with van der Waals surface area (Å²) in [5.74, 6) is -1.53. The zero-order chi connectivity index (χ0) is 15.1. The third-order valence-corrected chi connectivity index (χ3v) is 2.93. The predicted octanol–water partition coefficient (Wildman–Crippen LogP) is 3.29. The maximum Gasteiger partial charge on any atom is 0.417 e. The first kappa shape index (κ1) is 14.6. The Bertz CT molecular complexity index is 685. The number of aromatic nitrogens is 3. The topological polar surface area (TPSA) is 68.0 Å². The second-order valence-electron chi connectivity index (χ2n) is 3.59. The van der Waals surface area contributed by atoms with E-state index < -0.39 is 17.7 Å². The van der Waals surface area contributed by atoms with Crippen molar-refractivity contribution in [2.75, 3.05) is 0 Å². The van der Waals surface area contributed by atoms with Gasteiger partial charge >= 0.3 is 12.1 Å². The van der Waals surface area contributed by atoms with Crippen molar-refractivity contribution in [2.24, 2.45) is 0 Å². The molecule has 0 radical (unpaired) electrons. The van der Waals surface area contributed by atoms with Gasteiger partial charge in [-0.1, -0.05) is 23.2 Å². The average Bonchev–Trinajstić information content (AvgIpc) is 2.70. The van der Waals surface area contributed by atoms with Gasteiger partial charge in [0.1, 0.15) is 10.7 Å². The standard InChI is InChI=1S/C10H4Cl2F3N3O2/c11-6-1-4(10(13,14)15)2-16-8(6)18-7(12)5(3-17-18)9(19)20/h1-3H,(H,19,20). The molecule has 2 aromatic heterocycles. The van der Waals surface area contributed by atoms with Crippen LogP contribution in [0.3, 0.4) is 0 Å². The number of aromatic carboxylic acids is 1. The Morgan fingerprint density at radius 1 is 1.30 bits per heavy atom. The molecule has 0 saturated carbocycles. The van der Waals surface area contributed by atoms with Crippen LogP contribution in [0.5, 0.6) is 0 Å². The third-order valence-electron chi connectivity index (χ3n) is 2.29. The maximum absolute atomic E-state index is 12.5. The fourth-order valence-corrected chi connectivity index (χ4v) is 1.87.